The van der Waals surface area contributed by atoms with Gasteiger partial charge in [-0.15, -0.1) is 0 Å². The number of aliphatic hydroxyl groups excluding tert-OH is 1. The van der Waals surface area contributed by atoms with Gasteiger partial charge >= 0.3 is 0 Å². The van der Waals surface area contributed by atoms with E-state index in [1.54, 1.807) is 24.5 Å². The minimum absolute atomic E-state index is 0.0162. The number of carbonyl (C=O) groups excluding carboxylic acids is 2. The van der Waals surface area contributed by atoms with Crippen LogP contribution < -0.4 is 0 Å². The van der Waals surface area contributed by atoms with Gasteiger partial charge in [-0.2, -0.15) is 0 Å². The molecule has 1 saturated heterocycles. The molecule has 2 aliphatic carbocycles. The largest absolute Gasteiger partial charge is 0.393 e. The Bertz CT molecular complexity index is 673. The smallest absolute Gasteiger partial charge is 0.253 e. The van der Waals surface area contributed by atoms with Gasteiger partial charge in [0, 0.05) is 50.1 Å². The van der Waals surface area contributed by atoms with Crippen LogP contribution in [0.2, 0.25) is 0 Å². The van der Waals surface area contributed by atoms with Gasteiger partial charge in [0.25, 0.3) is 5.91 Å². The molecule has 4 rings (SSSR count). The van der Waals surface area contributed by atoms with Gasteiger partial charge in [-0.3, -0.25) is 14.6 Å². The fraction of sp³-hybridized carbons (Fsp3) is 0.667. The van der Waals surface area contributed by atoms with Crippen molar-refractivity contribution < 1.29 is 14.7 Å². The molecule has 2 amide bonds. The van der Waals surface area contributed by atoms with Gasteiger partial charge in [0.1, 0.15) is 0 Å². The number of nitrogens with zero attached hydrogens (tertiary/aromatic N) is 3. The molecule has 0 aromatic carbocycles. The summed E-state index contributed by atoms with van der Waals surface area (Å²) in [6, 6.07) is 3.79. The SMILES string of the molecule is CN(C(=O)C1CCN(C(=O)c2ccncc2)CC1)C1C[C@H]2CC(O)C[C@H]2C1. The van der Waals surface area contributed by atoms with Gasteiger partial charge in [0.05, 0.1) is 6.10 Å². The number of rotatable bonds is 3. The first kappa shape index (κ1) is 18.4. The molecule has 6 nitrogen and oxygen atoms in total. The van der Waals surface area contributed by atoms with Crippen LogP contribution in [0.4, 0.5) is 0 Å². The van der Waals surface area contributed by atoms with Gasteiger partial charge in [-0.25, -0.2) is 0 Å². The van der Waals surface area contributed by atoms with Crippen LogP contribution in [0.25, 0.3) is 0 Å². The van der Waals surface area contributed by atoms with Crippen LogP contribution in [0, 0.1) is 17.8 Å². The monoisotopic (exact) mass is 371 g/mol. The minimum atomic E-state index is -0.135. The molecule has 1 aliphatic heterocycles. The molecule has 6 heteroatoms. The van der Waals surface area contributed by atoms with Crippen molar-refractivity contribution in [3.8, 4) is 0 Å². The summed E-state index contributed by atoms with van der Waals surface area (Å²) in [4.78, 5) is 33.3. The van der Waals surface area contributed by atoms with E-state index in [4.69, 9.17) is 0 Å². The Morgan fingerprint density at radius 1 is 1.07 bits per heavy atom. The molecule has 2 unspecified atom stereocenters. The number of carbonyl (C=O) groups is 2. The summed E-state index contributed by atoms with van der Waals surface area (Å²) >= 11 is 0. The molecule has 27 heavy (non-hydrogen) atoms. The molecule has 0 bridgehead atoms. The zero-order valence-corrected chi connectivity index (χ0v) is 16.0. The second-order valence-electron chi connectivity index (χ2n) is 8.52. The highest BCUT2D eigenvalue weighted by molar-refractivity contribution is 5.94. The third-order valence-electron chi connectivity index (χ3n) is 6.92. The van der Waals surface area contributed by atoms with Crippen LogP contribution in [0.5, 0.6) is 0 Å². The Kier molecular flexibility index (Phi) is 5.17. The normalized spacial score (nSPS) is 31.0. The van der Waals surface area contributed by atoms with Crippen molar-refractivity contribution in [1.82, 2.24) is 14.8 Å². The second-order valence-corrected chi connectivity index (χ2v) is 8.52. The number of aromatic nitrogens is 1. The molecule has 1 N–H and O–H groups in total. The highest BCUT2D eigenvalue weighted by atomic mass is 16.3. The van der Waals surface area contributed by atoms with Crippen molar-refractivity contribution in [2.45, 2.75) is 50.7 Å². The van der Waals surface area contributed by atoms with Crippen molar-refractivity contribution in [2.24, 2.45) is 17.8 Å². The van der Waals surface area contributed by atoms with E-state index >= 15 is 0 Å². The molecule has 0 radical (unpaired) electrons. The lowest BCUT2D eigenvalue weighted by Crippen LogP contribution is -2.45. The third kappa shape index (κ3) is 3.72. The Balaban J connectivity index is 1.29. The lowest BCUT2D eigenvalue weighted by atomic mass is 9.94. The average Bonchev–Trinajstić information content (AvgIpc) is 3.24. The molecule has 1 aromatic heterocycles. The van der Waals surface area contributed by atoms with E-state index in [0.29, 0.717) is 36.5 Å². The van der Waals surface area contributed by atoms with Gasteiger partial charge in [0.2, 0.25) is 5.91 Å². The van der Waals surface area contributed by atoms with Gasteiger partial charge in [0.15, 0.2) is 0 Å². The number of hydrogen-bond donors (Lipinski definition) is 1. The van der Waals surface area contributed by atoms with Gasteiger partial charge in [-0.05, 0) is 62.5 Å². The van der Waals surface area contributed by atoms with E-state index in [1.807, 2.05) is 16.8 Å². The number of piperidine rings is 1. The van der Waals surface area contributed by atoms with E-state index in [0.717, 1.165) is 38.5 Å². The van der Waals surface area contributed by atoms with E-state index in [1.165, 1.54) is 0 Å². The van der Waals surface area contributed by atoms with Crippen LogP contribution in [0.1, 0.15) is 48.9 Å². The first-order valence-electron chi connectivity index (χ1n) is 10.2. The van der Waals surface area contributed by atoms with Crippen LogP contribution in [-0.2, 0) is 4.79 Å². The van der Waals surface area contributed by atoms with E-state index in [9.17, 15) is 14.7 Å². The molecule has 3 fully saturated rings. The number of fused-ring (bicyclic) bond motifs is 1. The predicted molar refractivity (Wildman–Crippen MR) is 101 cm³/mol. The highest BCUT2D eigenvalue weighted by Gasteiger charge is 2.44. The minimum Gasteiger partial charge on any atom is -0.393 e. The Hall–Kier alpha value is -1.95. The molecule has 4 atom stereocenters. The summed E-state index contributed by atoms with van der Waals surface area (Å²) in [5, 5.41) is 9.81. The standard InChI is InChI=1S/C21H29N3O3/c1-23(18-10-16-12-19(25)13-17(16)11-18)20(26)15-4-8-24(9-5-15)21(27)14-2-6-22-7-3-14/h2-3,6-7,15-19,25H,4-5,8-13H2,1H3/t16-,17+,18?,19?. The third-order valence-corrected chi connectivity index (χ3v) is 6.92. The van der Waals surface area contributed by atoms with Gasteiger partial charge < -0.3 is 14.9 Å². The molecule has 1 aromatic rings. The van der Waals surface area contributed by atoms with Crippen molar-refractivity contribution >= 4 is 11.8 Å². The number of hydrogen-bond acceptors (Lipinski definition) is 4. The average molecular weight is 371 g/mol. The molecule has 0 spiro atoms. The van der Waals surface area contributed by atoms with Crippen LogP contribution >= 0.6 is 0 Å². The lowest BCUT2D eigenvalue weighted by Gasteiger charge is -2.35. The van der Waals surface area contributed by atoms with Crippen molar-refractivity contribution in [2.75, 3.05) is 20.1 Å². The lowest BCUT2D eigenvalue weighted by molar-refractivity contribution is -0.137. The van der Waals surface area contributed by atoms with Crippen molar-refractivity contribution in [3.05, 3.63) is 30.1 Å². The summed E-state index contributed by atoms with van der Waals surface area (Å²) in [5.74, 6) is 1.44. The van der Waals surface area contributed by atoms with E-state index < -0.39 is 0 Å². The summed E-state index contributed by atoms with van der Waals surface area (Å²) in [5.41, 5.74) is 0.659. The summed E-state index contributed by atoms with van der Waals surface area (Å²) < 4.78 is 0. The molecular weight excluding hydrogens is 342 g/mol. The zero-order valence-electron chi connectivity index (χ0n) is 16.0. The summed E-state index contributed by atoms with van der Waals surface area (Å²) in [6.07, 6.45) is 8.47. The van der Waals surface area contributed by atoms with Crippen molar-refractivity contribution in [3.63, 3.8) is 0 Å². The van der Waals surface area contributed by atoms with Crippen LogP contribution in [0.3, 0.4) is 0 Å². The maximum atomic E-state index is 13.0. The number of amides is 2. The molecule has 2 saturated carbocycles. The Morgan fingerprint density at radius 2 is 1.67 bits per heavy atom. The second kappa shape index (κ2) is 7.58. The van der Waals surface area contributed by atoms with Crippen molar-refractivity contribution in [1.29, 1.82) is 0 Å². The first-order chi connectivity index (χ1) is 13.0. The van der Waals surface area contributed by atoms with E-state index in [-0.39, 0.29) is 23.8 Å². The maximum absolute atomic E-state index is 13.0. The maximum Gasteiger partial charge on any atom is 0.253 e. The van der Waals surface area contributed by atoms with Crippen LogP contribution in [0.15, 0.2) is 24.5 Å². The highest BCUT2D eigenvalue weighted by Crippen LogP contribution is 2.45. The first-order valence-corrected chi connectivity index (χ1v) is 10.2. The zero-order chi connectivity index (χ0) is 19.0. The quantitative estimate of drug-likeness (QED) is 0.881. The topological polar surface area (TPSA) is 73.7 Å². The molecule has 3 aliphatic rings. The fourth-order valence-electron chi connectivity index (χ4n) is 5.34. The Morgan fingerprint density at radius 3 is 2.26 bits per heavy atom. The molecule has 2 heterocycles. The molecule has 146 valence electrons. The summed E-state index contributed by atoms with van der Waals surface area (Å²) in [6.45, 7) is 1.26. The Labute approximate surface area is 160 Å². The van der Waals surface area contributed by atoms with Crippen LogP contribution in [-0.4, -0.2) is 64.0 Å². The summed E-state index contributed by atoms with van der Waals surface area (Å²) in [7, 11) is 1.94. The number of pyridine rings is 1. The fourth-order valence-corrected chi connectivity index (χ4v) is 5.34. The van der Waals surface area contributed by atoms with Gasteiger partial charge in [-0.1, -0.05) is 0 Å². The molecular formula is C21H29N3O3. The number of likely N-dealkylation sites (tertiary alicyclic amines) is 1. The number of aliphatic hydroxyl groups is 1. The van der Waals surface area contributed by atoms with E-state index in [2.05, 4.69) is 4.98 Å². The predicted octanol–water partition coefficient (Wildman–Crippen LogP) is 1.94.